The maximum Gasteiger partial charge on any atom is 0.306 e. The molecular weight excluding hydrogens is 757 g/mol. The first kappa shape index (κ1) is 56.8. The molecule has 0 saturated carbocycles. The van der Waals surface area contributed by atoms with E-state index < -0.39 is 6.10 Å². The number of carbonyl (C=O) groups is 3. The fourth-order valence-corrected chi connectivity index (χ4v) is 6.08. The summed E-state index contributed by atoms with van der Waals surface area (Å²) < 4.78 is 16.7. The Hall–Kier alpha value is -4.19. The number of hydrogen-bond donors (Lipinski definition) is 0. The summed E-state index contributed by atoms with van der Waals surface area (Å²) in [4.78, 5) is 37.8. The highest BCUT2D eigenvalue weighted by molar-refractivity contribution is 5.71. The van der Waals surface area contributed by atoms with Gasteiger partial charge >= 0.3 is 17.9 Å². The van der Waals surface area contributed by atoms with Gasteiger partial charge in [-0.15, -0.1) is 0 Å². The normalized spacial score (nSPS) is 13.2. The highest BCUT2D eigenvalue weighted by Gasteiger charge is 2.19. The molecule has 0 aromatic carbocycles. The van der Waals surface area contributed by atoms with Crippen molar-refractivity contribution in [1.82, 2.24) is 0 Å². The lowest BCUT2D eigenvalue weighted by molar-refractivity contribution is -0.167. The van der Waals surface area contributed by atoms with Gasteiger partial charge in [0.15, 0.2) is 6.10 Å². The largest absolute Gasteiger partial charge is 0.462 e. The summed E-state index contributed by atoms with van der Waals surface area (Å²) in [6.07, 6.45) is 66.1. The third kappa shape index (κ3) is 46.7. The van der Waals surface area contributed by atoms with E-state index >= 15 is 0 Å². The number of rotatable bonds is 41. The zero-order valence-electron chi connectivity index (χ0n) is 38.9. The average Bonchev–Trinajstić information content (AvgIpc) is 3.26. The molecule has 0 heterocycles. The molecule has 61 heavy (non-hydrogen) atoms. The van der Waals surface area contributed by atoms with E-state index in [1.807, 2.05) is 72.9 Å². The monoisotopic (exact) mass is 843 g/mol. The van der Waals surface area contributed by atoms with Crippen LogP contribution in [0.4, 0.5) is 0 Å². The Morgan fingerprint density at radius 2 is 0.721 bits per heavy atom. The van der Waals surface area contributed by atoms with Crippen LogP contribution in [0.5, 0.6) is 0 Å². The van der Waals surface area contributed by atoms with Crippen LogP contribution >= 0.6 is 0 Å². The van der Waals surface area contributed by atoms with Gasteiger partial charge in [-0.2, -0.15) is 0 Å². The standard InChI is InChI=1S/C55H86O6/c1-4-7-10-13-16-19-22-25-26-27-28-29-30-31-34-36-39-42-45-48-54(57)60-51-52(61-55(58)49-46-43-40-37-33-24-21-18-15-12-9-6-3)50-59-53(56)47-44-41-38-35-32-23-20-17-14-11-8-5-2/h7,9-10,12-13,16,18-19,21-22,25-31,33-34,37,52H,4-6,8,11,14-15,17,20,23-24,32,35-36,38-51H2,1-3H3/b10-7-,12-9-,16-13-,21-18-,22-19-,26-25-,28-27+,30-29-,34-31-,37-33-. The quantitative estimate of drug-likeness (QED) is 0.0201. The van der Waals surface area contributed by atoms with Crippen molar-refractivity contribution in [3.8, 4) is 0 Å². The number of carbonyl (C=O) groups excluding carboxylic acids is 3. The van der Waals surface area contributed by atoms with Gasteiger partial charge in [0, 0.05) is 19.3 Å². The first-order valence-corrected chi connectivity index (χ1v) is 24.1. The number of hydrogen-bond acceptors (Lipinski definition) is 6. The summed E-state index contributed by atoms with van der Waals surface area (Å²) in [5.74, 6) is -1.01. The molecule has 0 aliphatic heterocycles. The molecule has 6 heteroatoms. The maximum atomic E-state index is 12.7. The first-order chi connectivity index (χ1) is 30.0. The molecular formula is C55H86O6. The van der Waals surface area contributed by atoms with Crippen molar-refractivity contribution in [2.24, 2.45) is 0 Å². The third-order valence-electron chi connectivity index (χ3n) is 9.66. The van der Waals surface area contributed by atoms with Crippen molar-refractivity contribution in [2.45, 2.75) is 194 Å². The fourth-order valence-electron chi connectivity index (χ4n) is 6.08. The second kappa shape index (κ2) is 48.5. The zero-order valence-corrected chi connectivity index (χ0v) is 38.9. The Morgan fingerprint density at radius 1 is 0.361 bits per heavy atom. The van der Waals surface area contributed by atoms with Gasteiger partial charge in [0.25, 0.3) is 0 Å². The molecule has 6 nitrogen and oxygen atoms in total. The first-order valence-electron chi connectivity index (χ1n) is 24.1. The van der Waals surface area contributed by atoms with Crippen molar-refractivity contribution in [2.75, 3.05) is 13.2 Å². The van der Waals surface area contributed by atoms with Gasteiger partial charge in [-0.25, -0.2) is 0 Å². The molecule has 1 atom stereocenters. The Balaban J connectivity index is 4.54. The second-order valence-corrected chi connectivity index (χ2v) is 15.4. The molecule has 0 rings (SSSR count). The van der Waals surface area contributed by atoms with Gasteiger partial charge in [-0.1, -0.05) is 219 Å². The van der Waals surface area contributed by atoms with E-state index in [4.69, 9.17) is 14.2 Å². The van der Waals surface area contributed by atoms with Crippen LogP contribution in [-0.4, -0.2) is 37.2 Å². The minimum absolute atomic E-state index is 0.111. The maximum absolute atomic E-state index is 12.7. The third-order valence-corrected chi connectivity index (χ3v) is 9.66. The number of allylic oxidation sites excluding steroid dienone is 20. The SMILES string of the molecule is CC\C=C/C=C\C=C/C=C\C=C\C=C/C=C\CCCCCC(=O)OCC(COC(=O)CCCCCCCCCCCCCC)OC(=O)CCCC/C=C\C/C=C\C/C=C\CC. The molecule has 0 aliphatic carbocycles. The summed E-state index contributed by atoms with van der Waals surface area (Å²) in [5.41, 5.74) is 0. The molecule has 342 valence electrons. The highest BCUT2D eigenvalue weighted by Crippen LogP contribution is 2.13. The van der Waals surface area contributed by atoms with Crippen molar-refractivity contribution < 1.29 is 28.6 Å². The minimum Gasteiger partial charge on any atom is -0.462 e. The van der Waals surface area contributed by atoms with Crippen LogP contribution in [-0.2, 0) is 28.6 Å². The van der Waals surface area contributed by atoms with E-state index in [-0.39, 0.29) is 37.5 Å². The van der Waals surface area contributed by atoms with Crippen LogP contribution in [0.2, 0.25) is 0 Å². The van der Waals surface area contributed by atoms with Gasteiger partial charge in [-0.05, 0) is 70.6 Å². The van der Waals surface area contributed by atoms with Gasteiger partial charge in [0.2, 0.25) is 0 Å². The molecule has 0 amide bonds. The fraction of sp³-hybridized carbons (Fsp3) is 0.582. The highest BCUT2D eigenvalue weighted by atomic mass is 16.6. The topological polar surface area (TPSA) is 78.9 Å². The van der Waals surface area contributed by atoms with Crippen molar-refractivity contribution in [3.63, 3.8) is 0 Å². The van der Waals surface area contributed by atoms with Gasteiger partial charge < -0.3 is 14.2 Å². The van der Waals surface area contributed by atoms with Crippen LogP contribution in [0, 0.1) is 0 Å². The average molecular weight is 843 g/mol. The zero-order chi connectivity index (χ0) is 44.4. The Labute approximate surface area is 373 Å². The minimum atomic E-state index is -0.817. The lowest BCUT2D eigenvalue weighted by atomic mass is 10.0. The lowest BCUT2D eigenvalue weighted by Gasteiger charge is -2.18. The number of esters is 3. The second-order valence-electron chi connectivity index (χ2n) is 15.4. The van der Waals surface area contributed by atoms with Crippen LogP contribution in [0.25, 0.3) is 0 Å². The molecule has 1 unspecified atom stereocenters. The van der Waals surface area contributed by atoms with Crippen molar-refractivity contribution >= 4 is 17.9 Å². The summed E-state index contributed by atoms with van der Waals surface area (Å²) in [6, 6.07) is 0. The summed E-state index contributed by atoms with van der Waals surface area (Å²) in [7, 11) is 0. The van der Waals surface area contributed by atoms with E-state index in [0.29, 0.717) is 19.3 Å². The lowest BCUT2D eigenvalue weighted by Crippen LogP contribution is -2.30. The van der Waals surface area contributed by atoms with Gasteiger partial charge in [0.1, 0.15) is 13.2 Å². The molecule has 0 N–H and O–H groups in total. The van der Waals surface area contributed by atoms with Crippen LogP contribution in [0.3, 0.4) is 0 Å². The van der Waals surface area contributed by atoms with Crippen molar-refractivity contribution in [3.05, 3.63) is 122 Å². The molecule has 0 saturated heterocycles. The molecule has 0 spiro atoms. The Bertz CT molecular complexity index is 1340. The summed E-state index contributed by atoms with van der Waals surface area (Å²) in [6.45, 7) is 6.27. The molecule has 0 aliphatic rings. The van der Waals surface area contributed by atoms with Crippen LogP contribution < -0.4 is 0 Å². The van der Waals surface area contributed by atoms with E-state index in [0.717, 1.165) is 83.5 Å². The van der Waals surface area contributed by atoms with Crippen molar-refractivity contribution in [1.29, 1.82) is 0 Å². The number of unbranched alkanes of at least 4 members (excludes halogenated alkanes) is 16. The predicted octanol–water partition coefficient (Wildman–Crippen LogP) is 15.7. The summed E-state index contributed by atoms with van der Waals surface area (Å²) in [5, 5.41) is 0. The van der Waals surface area contributed by atoms with Gasteiger partial charge in [-0.3, -0.25) is 14.4 Å². The van der Waals surface area contributed by atoms with E-state index in [1.165, 1.54) is 57.8 Å². The van der Waals surface area contributed by atoms with Crippen LogP contribution in [0.15, 0.2) is 122 Å². The molecule has 0 bridgehead atoms. The predicted molar refractivity (Wildman–Crippen MR) is 260 cm³/mol. The molecule has 0 aromatic heterocycles. The smallest absolute Gasteiger partial charge is 0.306 e. The van der Waals surface area contributed by atoms with E-state index in [9.17, 15) is 14.4 Å². The molecule has 0 fully saturated rings. The summed E-state index contributed by atoms with van der Waals surface area (Å²) >= 11 is 0. The molecule has 0 aromatic rings. The Kier molecular flexibility index (Phi) is 45.1. The van der Waals surface area contributed by atoms with Crippen LogP contribution in [0.1, 0.15) is 188 Å². The Morgan fingerprint density at radius 3 is 1.23 bits per heavy atom. The molecule has 0 radical (unpaired) electrons. The number of ether oxygens (including phenoxy) is 3. The van der Waals surface area contributed by atoms with Gasteiger partial charge in [0.05, 0.1) is 0 Å². The van der Waals surface area contributed by atoms with E-state index in [1.54, 1.807) is 0 Å². The van der Waals surface area contributed by atoms with E-state index in [2.05, 4.69) is 69.4 Å².